The average molecular weight is 349 g/mol. The zero-order valence-corrected chi connectivity index (χ0v) is 12.2. The molecule has 19 heavy (non-hydrogen) atoms. The van der Waals surface area contributed by atoms with Crippen LogP contribution in [0.5, 0.6) is 0 Å². The number of hydrogen-bond donors (Lipinski definition) is 1. The van der Waals surface area contributed by atoms with Gasteiger partial charge in [-0.15, -0.1) is 10.2 Å². The van der Waals surface area contributed by atoms with Gasteiger partial charge in [-0.1, -0.05) is 6.07 Å². The summed E-state index contributed by atoms with van der Waals surface area (Å²) in [7, 11) is -4.00. The van der Waals surface area contributed by atoms with Crippen LogP contribution in [0.15, 0.2) is 27.8 Å². The molecule has 102 valence electrons. The fourth-order valence-corrected chi connectivity index (χ4v) is 2.70. The highest BCUT2D eigenvalue weighted by molar-refractivity contribution is 9.10. The largest absolute Gasteiger partial charge is 0.297 e. The molecular formula is C10H10BrFN4O2S. The lowest BCUT2D eigenvalue weighted by Gasteiger charge is -2.07. The van der Waals surface area contributed by atoms with Crippen molar-refractivity contribution in [2.24, 2.45) is 5.14 Å². The van der Waals surface area contributed by atoms with Crippen LogP contribution in [-0.2, 0) is 16.6 Å². The number of nitrogens with zero attached hydrogens (tertiary/aromatic N) is 3. The minimum Gasteiger partial charge on any atom is -0.297 e. The number of rotatable bonds is 3. The van der Waals surface area contributed by atoms with Crippen LogP contribution in [0.1, 0.15) is 6.92 Å². The lowest BCUT2D eigenvalue weighted by Crippen LogP contribution is -2.18. The van der Waals surface area contributed by atoms with Gasteiger partial charge in [0, 0.05) is 6.54 Å². The minimum absolute atomic E-state index is 0.116. The number of benzene rings is 1. The Kier molecular flexibility index (Phi) is 3.70. The summed E-state index contributed by atoms with van der Waals surface area (Å²) in [6, 6.07) is 4.64. The summed E-state index contributed by atoms with van der Waals surface area (Å²) < 4.78 is 38.2. The molecule has 1 aromatic carbocycles. The Balaban J connectivity index is 2.71. The number of hydrogen-bond acceptors (Lipinski definition) is 4. The third-order valence-electron chi connectivity index (χ3n) is 2.48. The first-order valence-electron chi connectivity index (χ1n) is 5.26. The van der Waals surface area contributed by atoms with E-state index >= 15 is 0 Å². The predicted molar refractivity (Wildman–Crippen MR) is 70.2 cm³/mol. The van der Waals surface area contributed by atoms with Gasteiger partial charge in [-0.05, 0) is 35.0 Å². The van der Waals surface area contributed by atoms with Crippen molar-refractivity contribution in [2.45, 2.75) is 18.6 Å². The standard InChI is InChI=1S/C10H10BrFN4O2S/c1-2-16-9(14-15-10(16)19(13,17)18)6-4-3-5-7(11)8(6)12/h3-5H,2H2,1H3,(H2,13,17,18). The molecular weight excluding hydrogens is 339 g/mol. The number of nitrogens with two attached hydrogens (primary N) is 1. The first-order valence-corrected chi connectivity index (χ1v) is 7.60. The van der Waals surface area contributed by atoms with Gasteiger partial charge in [-0.3, -0.25) is 4.57 Å². The van der Waals surface area contributed by atoms with E-state index in [-0.39, 0.29) is 27.6 Å². The highest BCUT2D eigenvalue weighted by Gasteiger charge is 2.23. The van der Waals surface area contributed by atoms with E-state index in [1.165, 1.54) is 16.7 Å². The van der Waals surface area contributed by atoms with Crippen LogP contribution in [0.25, 0.3) is 11.4 Å². The third-order valence-corrected chi connectivity index (χ3v) is 3.90. The van der Waals surface area contributed by atoms with Crippen LogP contribution in [-0.4, -0.2) is 23.2 Å². The molecule has 0 atom stereocenters. The summed E-state index contributed by atoms with van der Waals surface area (Å²) in [5.41, 5.74) is 0.152. The van der Waals surface area contributed by atoms with Crippen molar-refractivity contribution in [1.29, 1.82) is 0 Å². The molecule has 0 fully saturated rings. The monoisotopic (exact) mass is 348 g/mol. The van der Waals surface area contributed by atoms with E-state index < -0.39 is 15.8 Å². The Labute approximate surface area is 117 Å². The van der Waals surface area contributed by atoms with Crippen LogP contribution in [0, 0.1) is 5.82 Å². The molecule has 9 heteroatoms. The molecule has 0 bridgehead atoms. The Hall–Kier alpha value is -1.32. The second-order valence-corrected chi connectivity index (χ2v) is 6.01. The zero-order valence-electron chi connectivity index (χ0n) is 9.84. The molecule has 2 N–H and O–H groups in total. The fourth-order valence-electron chi connectivity index (χ4n) is 1.66. The molecule has 0 aliphatic carbocycles. The van der Waals surface area contributed by atoms with E-state index in [0.717, 1.165) is 0 Å². The van der Waals surface area contributed by atoms with Gasteiger partial charge in [0.05, 0.1) is 10.0 Å². The van der Waals surface area contributed by atoms with Crippen LogP contribution in [0.4, 0.5) is 4.39 Å². The Morgan fingerprint density at radius 2 is 2.11 bits per heavy atom. The van der Waals surface area contributed by atoms with Crippen LogP contribution >= 0.6 is 15.9 Å². The number of sulfonamides is 1. The fraction of sp³-hybridized carbons (Fsp3) is 0.200. The van der Waals surface area contributed by atoms with Gasteiger partial charge in [-0.2, -0.15) is 0 Å². The molecule has 0 aliphatic rings. The van der Waals surface area contributed by atoms with Crippen molar-refractivity contribution in [2.75, 3.05) is 0 Å². The maximum absolute atomic E-state index is 14.0. The molecule has 0 unspecified atom stereocenters. The quantitative estimate of drug-likeness (QED) is 0.910. The van der Waals surface area contributed by atoms with Crippen molar-refractivity contribution in [3.05, 3.63) is 28.5 Å². The summed E-state index contributed by atoms with van der Waals surface area (Å²) in [6.45, 7) is 1.94. The normalized spacial score (nSPS) is 11.8. The maximum atomic E-state index is 14.0. The molecule has 0 spiro atoms. The average Bonchev–Trinajstić information content (AvgIpc) is 2.76. The van der Waals surface area contributed by atoms with Crippen LogP contribution < -0.4 is 5.14 Å². The molecule has 0 amide bonds. The van der Waals surface area contributed by atoms with E-state index in [0.29, 0.717) is 0 Å². The van der Waals surface area contributed by atoms with E-state index in [1.54, 1.807) is 13.0 Å². The first-order chi connectivity index (χ1) is 8.86. The summed E-state index contributed by atoms with van der Waals surface area (Å²) in [6.07, 6.45) is 0. The predicted octanol–water partition coefficient (Wildman–Crippen LogP) is 1.51. The van der Waals surface area contributed by atoms with Crippen LogP contribution in [0.3, 0.4) is 0 Å². The molecule has 0 aliphatic heterocycles. The summed E-state index contributed by atoms with van der Waals surface area (Å²) in [5, 5.41) is 11.9. The molecule has 0 radical (unpaired) electrons. The molecule has 1 heterocycles. The third kappa shape index (κ3) is 2.53. The molecule has 1 aromatic heterocycles. The zero-order chi connectivity index (χ0) is 14.2. The Morgan fingerprint density at radius 1 is 1.42 bits per heavy atom. The van der Waals surface area contributed by atoms with Gasteiger partial charge in [-0.25, -0.2) is 17.9 Å². The highest BCUT2D eigenvalue weighted by atomic mass is 79.9. The summed E-state index contributed by atoms with van der Waals surface area (Å²) in [4.78, 5) is 0. The van der Waals surface area contributed by atoms with Gasteiger partial charge in [0.25, 0.3) is 15.2 Å². The highest BCUT2D eigenvalue weighted by Crippen LogP contribution is 2.27. The first kappa shape index (κ1) is 14.1. The molecule has 6 nitrogen and oxygen atoms in total. The van der Waals surface area contributed by atoms with E-state index in [2.05, 4.69) is 26.1 Å². The van der Waals surface area contributed by atoms with Gasteiger partial charge >= 0.3 is 0 Å². The SMILES string of the molecule is CCn1c(-c2cccc(Br)c2F)nnc1S(N)(=O)=O. The topological polar surface area (TPSA) is 90.9 Å². The number of aromatic nitrogens is 3. The second-order valence-electron chi connectivity index (χ2n) is 3.70. The van der Waals surface area contributed by atoms with Crippen molar-refractivity contribution in [3.8, 4) is 11.4 Å². The van der Waals surface area contributed by atoms with Gasteiger partial charge in [0.1, 0.15) is 5.82 Å². The lowest BCUT2D eigenvalue weighted by molar-refractivity contribution is 0.569. The Bertz CT molecular complexity index is 729. The summed E-state index contributed by atoms with van der Waals surface area (Å²) in [5.74, 6) is -0.420. The Morgan fingerprint density at radius 3 is 2.68 bits per heavy atom. The van der Waals surface area contributed by atoms with Crippen molar-refractivity contribution in [3.63, 3.8) is 0 Å². The molecule has 2 aromatic rings. The van der Waals surface area contributed by atoms with Crippen LogP contribution in [0.2, 0.25) is 0 Å². The summed E-state index contributed by atoms with van der Waals surface area (Å²) >= 11 is 3.06. The maximum Gasteiger partial charge on any atom is 0.273 e. The minimum atomic E-state index is -4.00. The van der Waals surface area contributed by atoms with E-state index in [9.17, 15) is 12.8 Å². The van der Waals surface area contributed by atoms with E-state index in [1.807, 2.05) is 0 Å². The number of halogens is 2. The van der Waals surface area contributed by atoms with Crippen molar-refractivity contribution >= 4 is 26.0 Å². The lowest BCUT2D eigenvalue weighted by atomic mass is 10.2. The van der Waals surface area contributed by atoms with Crippen molar-refractivity contribution < 1.29 is 12.8 Å². The molecule has 0 saturated carbocycles. The smallest absolute Gasteiger partial charge is 0.273 e. The second kappa shape index (κ2) is 4.99. The van der Waals surface area contributed by atoms with Gasteiger partial charge in [0.15, 0.2) is 5.82 Å². The van der Waals surface area contributed by atoms with Gasteiger partial charge in [0.2, 0.25) is 0 Å². The molecule has 0 saturated heterocycles. The number of primary sulfonamides is 1. The molecule has 2 rings (SSSR count). The van der Waals surface area contributed by atoms with E-state index in [4.69, 9.17) is 5.14 Å². The van der Waals surface area contributed by atoms with Crippen molar-refractivity contribution in [1.82, 2.24) is 14.8 Å². The van der Waals surface area contributed by atoms with Gasteiger partial charge < -0.3 is 0 Å².